The largest absolute Gasteiger partial charge is 0.494 e. The fourth-order valence-electron chi connectivity index (χ4n) is 3.33. The SMILES string of the molecule is CCCCOc1ccc(C(=O)NCCN2CCN(c3ccccc3)CC2)cc1. The maximum absolute atomic E-state index is 12.3. The average molecular weight is 382 g/mol. The van der Waals surface area contributed by atoms with Crippen LogP contribution in [0.5, 0.6) is 5.75 Å². The summed E-state index contributed by atoms with van der Waals surface area (Å²) in [5.41, 5.74) is 1.97. The van der Waals surface area contributed by atoms with Crippen LogP contribution >= 0.6 is 0 Å². The number of para-hydroxylation sites is 1. The van der Waals surface area contributed by atoms with Crippen LogP contribution in [0.25, 0.3) is 0 Å². The first kappa shape index (κ1) is 20.2. The molecule has 0 aromatic heterocycles. The number of hydrogen-bond donors (Lipinski definition) is 1. The molecule has 0 unspecified atom stereocenters. The Kier molecular flexibility index (Phi) is 7.73. The summed E-state index contributed by atoms with van der Waals surface area (Å²) in [6, 6.07) is 17.9. The summed E-state index contributed by atoms with van der Waals surface area (Å²) < 4.78 is 5.64. The van der Waals surface area contributed by atoms with E-state index in [1.807, 2.05) is 24.3 Å². The first-order valence-electron chi connectivity index (χ1n) is 10.3. The maximum Gasteiger partial charge on any atom is 0.251 e. The van der Waals surface area contributed by atoms with Gasteiger partial charge >= 0.3 is 0 Å². The number of ether oxygens (including phenoxy) is 1. The summed E-state index contributed by atoms with van der Waals surface area (Å²) in [6.45, 7) is 8.50. The maximum atomic E-state index is 12.3. The fourth-order valence-corrected chi connectivity index (χ4v) is 3.33. The van der Waals surface area contributed by atoms with Gasteiger partial charge in [0.25, 0.3) is 5.91 Å². The van der Waals surface area contributed by atoms with Crippen molar-refractivity contribution in [1.29, 1.82) is 0 Å². The van der Waals surface area contributed by atoms with Crippen molar-refractivity contribution in [3.8, 4) is 5.75 Å². The summed E-state index contributed by atoms with van der Waals surface area (Å²) in [5.74, 6) is 0.796. The van der Waals surface area contributed by atoms with Gasteiger partial charge in [-0.25, -0.2) is 0 Å². The topological polar surface area (TPSA) is 44.8 Å². The standard InChI is InChI=1S/C23H31N3O2/c1-2-3-19-28-22-11-9-20(10-12-22)23(27)24-13-14-25-15-17-26(18-16-25)21-7-5-4-6-8-21/h4-12H,2-3,13-19H2,1H3,(H,24,27). The second-order valence-corrected chi connectivity index (χ2v) is 7.15. The first-order chi connectivity index (χ1) is 13.8. The summed E-state index contributed by atoms with van der Waals surface area (Å²) in [6.07, 6.45) is 2.16. The van der Waals surface area contributed by atoms with Crippen molar-refractivity contribution in [3.63, 3.8) is 0 Å². The van der Waals surface area contributed by atoms with Crippen LogP contribution in [0.2, 0.25) is 0 Å². The molecule has 0 bridgehead atoms. The van der Waals surface area contributed by atoms with E-state index >= 15 is 0 Å². The number of rotatable bonds is 9. The molecule has 0 spiro atoms. The van der Waals surface area contributed by atoms with Crippen LogP contribution in [0.15, 0.2) is 54.6 Å². The smallest absolute Gasteiger partial charge is 0.251 e. The molecule has 150 valence electrons. The quantitative estimate of drug-likeness (QED) is 0.676. The Morgan fingerprint density at radius 3 is 2.39 bits per heavy atom. The van der Waals surface area contributed by atoms with E-state index in [4.69, 9.17) is 4.74 Å². The van der Waals surface area contributed by atoms with Gasteiger partial charge in [0.1, 0.15) is 5.75 Å². The zero-order chi connectivity index (χ0) is 19.6. The van der Waals surface area contributed by atoms with Gasteiger partial charge in [0.15, 0.2) is 0 Å². The molecule has 0 aliphatic carbocycles. The zero-order valence-electron chi connectivity index (χ0n) is 16.8. The predicted octanol–water partition coefficient (Wildman–Crippen LogP) is 3.42. The number of benzene rings is 2. The Bertz CT molecular complexity index is 710. The molecule has 1 fully saturated rings. The van der Waals surface area contributed by atoms with Crippen LogP contribution in [0.1, 0.15) is 30.1 Å². The van der Waals surface area contributed by atoms with Crippen LogP contribution in [0.4, 0.5) is 5.69 Å². The Morgan fingerprint density at radius 1 is 1.00 bits per heavy atom. The molecule has 2 aromatic carbocycles. The van der Waals surface area contributed by atoms with Crippen LogP contribution in [-0.2, 0) is 0 Å². The van der Waals surface area contributed by atoms with E-state index in [1.165, 1.54) is 5.69 Å². The van der Waals surface area contributed by atoms with Crippen LogP contribution in [-0.4, -0.2) is 56.7 Å². The molecule has 3 rings (SSSR count). The van der Waals surface area contributed by atoms with Gasteiger partial charge in [0.05, 0.1) is 6.61 Å². The van der Waals surface area contributed by atoms with Gasteiger partial charge in [-0.15, -0.1) is 0 Å². The molecular weight excluding hydrogens is 350 g/mol. The third-order valence-electron chi connectivity index (χ3n) is 5.09. The van der Waals surface area contributed by atoms with Crippen molar-refractivity contribution in [2.75, 3.05) is 50.8 Å². The molecule has 1 aliphatic rings. The lowest BCUT2D eigenvalue weighted by Crippen LogP contribution is -2.48. The fraction of sp³-hybridized carbons (Fsp3) is 0.435. The van der Waals surface area contributed by atoms with Gasteiger partial charge in [-0.1, -0.05) is 31.5 Å². The summed E-state index contributed by atoms with van der Waals surface area (Å²) in [5, 5.41) is 3.03. The molecule has 1 amide bonds. The van der Waals surface area contributed by atoms with Crippen LogP contribution < -0.4 is 15.0 Å². The number of carbonyl (C=O) groups is 1. The Morgan fingerprint density at radius 2 is 1.71 bits per heavy atom. The van der Waals surface area contributed by atoms with Crippen molar-refractivity contribution in [2.45, 2.75) is 19.8 Å². The highest BCUT2D eigenvalue weighted by molar-refractivity contribution is 5.94. The lowest BCUT2D eigenvalue weighted by molar-refractivity contribution is 0.0947. The van der Waals surface area contributed by atoms with Crippen LogP contribution in [0, 0.1) is 0 Å². The monoisotopic (exact) mass is 381 g/mol. The summed E-state index contributed by atoms with van der Waals surface area (Å²) in [7, 11) is 0. The van der Waals surface area contributed by atoms with Gasteiger partial charge in [0, 0.05) is 50.5 Å². The lowest BCUT2D eigenvalue weighted by Gasteiger charge is -2.36. The van der Waals surface area contributed by atoms with Gasteiger partial charge in [-0.3, -0.25) is 9.69 Å². The average Bonchev–Trinajstić information content (AvgIpc) is 2.75. The van der Waals surface area contributed by atoms with E-state index in [2.05, 4.69) is 52.4 Å². The number of hydrogen-bond acceptors (Lipinski definition) is 4. The van der Waals surface area contributed by atoms with Gasteiger partial charge in [-0.05, 0) is 42.8 Å². The molecule has 1 saturated heterocycles. The zero-order valence-corrected chi connectivity index (χ0v) is 16.8. The molecule has 28 heavy (non-hydrogen) atoms. The number of carbonyl (C=O) groups excluding carboxylic acids is 1. The van der Waals surface area contributed by atoms with Crippen LogP contribution in [0.3, 0.4) is 0 Å². The van der Waals surface area contributed by atoms with Crippen molar-refractivity contribution < 1.29 is 9.53 Å². The molecule has 1 N–H and O–H groups in total. The van der Waals surface area contributed by atoms with Gasteiger partial charge in [-0.2, -0.15) is 0 Å². The highest BCUT2D eigenvalue weighted by Crippen LogP contribution is 2.15. The number of nitrogens with one attached hydrogen (secondary N) is 1. The molecule has 5 heteroatoms. The summed E-state index contributed by atoms with van der Waals surface area (Å²) >= 11 is 0. The molecule has 1 aliphatic heterocycles. The van der Waals surface area contributed by atoms with Crippen molar-refractivity contribution >= 4 is 11.6 Å². The highest BCUT2D eigenvalue weighted by atomic mass is 16.5. The second-order valence-electron chi connectivity index (χ2n) is 7.15. The van der Waals surface area contributed by atoms with Crippen molar-refractivity contribution in [2.24, 2.45) is 0 Å². The van der Waals surface area contributed by atoms with Gasteiger partial charge in [0.2, 0.25) is 0 Å². The molecule has 0 radical (unpaired) electrons. The number of nitrogens with zero attached hydrogens (tertiary/aromatic N) is 2. The molecule has 2 aromatic rings. The third-order valence-corrected chi connectivity index (χ3v) is 5.09. The van der Waals surface area contributed by atoms with E-state index in [9.17, 15) is 4.79 Å². The number of amides is 1. The van der Waals surface area contributed by atoms with E-state index < -0.39 is 0 Å². The summed E-state index contributed by atoms with van der Waals surface area (Å²) in [4.78, 5) is 17.1. The molecule has 0 saturated carbocycles. The van der Waals surface area contributed by atoms with E-state index in [-0.39, 0.29) is 5.91 Å². The normalized spacial score (nSPS) is 14.7. The van der Waals surface area contributed by atoms with E-state index in [0.29, 0.717) is 12.1 Å². The molecular formula is C23H31N3O2. The number of piperazine rings is 1. The van der Waals surface area contributed by atoms with Crippen molar-refractivity contribution in [3.05, 3.63) is 60.2 Å². The van der Waals surface area contributed by atoms with E-state index in [1.54, 1.807) is 0 Å². The molecule has 5 nitrogen and oxygen atoms in total. The minimum absolute atomic E-state index is 0.0250. The van der Waals surface area contributed by atoms with E-state index in [0.717, 1.165) is 57.9 Å². The minimum atomic E-state index is -0.0250. The Labute approximate surface area is 168 Å². The Hall–Kier alpha value is -2.53. The second kappa shape index (κ2) is 10.7. The third kappa shape index (κ3) is 5.99. The van der Waals surface area contributed by atoms with Crippen molar-refractivity contribution in [1.82, 2.24) is 10.2 Å². The highest BCUT2D eigenvalue weighted by Gasteiger charge is 2.16. The number of anilines is 1. The molecule has 1 heterocycles. The Balaban J connectivity index is 1.35. The first-order valence-corrected chi connectivity index (χ1v) is 10.3. The molecule has 0 atom stereocenters. The minimum Gasteiger partial charge on any atom is -0.494 e. The number of unbranched alkanes of at least 4 members (excludes halogenated alkanes) is 1. The lowest BCUT2D eigenvalue weighted by atomic mass is 10.2. The van der Waals surface area contributed by atoms with Gasteiger partial charge < -0.3 is 15.0 Å². The predicted molar refractivity (Wildman–Crippen MR) is 114 cm³/mol.